The Hall–Kier alpha value is -2.79. The van der Waals surface area contributed by atoms with Gasteiger partial charge in [-0.2, -0.15) is 0 Å². The number of fused-ring (bicyclic) bond motifs is 1. The Morgan fingerprint density at radius 3 is 2.48 bits per heavy atom. The summed E-state index contributed by atoms with van der Waals surface area (Å²) in [6, 6.07) is 14.7. The number of anilines is 1. The number of aromatic nitrogens is 1. The van der Waals surface area contributed by atoms with Crippen LogP contribution in [0.15, 0.2) is 48.5 Å². The summed E-state index contributed by atoms with van der Waals surface area (Å²) >= 11 is 6.02. The van der Waals surface area contributed by atoms with Gasteiger partial charge in [0.1, 0.15) is 5.69 Å². The van der Waals surface area contributed by atoms with Crippen LogP contribution >= 0.6 is 11.6 Å². The van der Waals surface area contributed by atoms with Gasteiger partial charge in [0.15, 0.2) is 0 Å². The third-order valence-electron chi connectivity index (χ3n) is 3.97. The lowest BCUT2D eigenvalue weighted by molar-refractivity contribution is -0.114. The average molecular weight is 356 g/mol. The summed E-state index contributed by atoms with van der Waals surface area (Å²) in [6.45, 7) is 1.87. The molecule has 25 heavy (non-hydrogen) atoms. The van der Waals surface area contributed by atoms with Gasteiger partial charge in [-0.1, -0.05) is 29.8 Å². The van der Waals surface area contributed by atoms with E-state index in [-0.39, 0.29) is 11.8 Å². The molecule has 3 rings (SSSR count). The SMILES string of the molecule is CC(=O)Nc1ccc(CNC(=O)c2cc3ccc(Cl)cc3n2C)cc1. The van der Waals surface area contributed by atoms with Crippen LogP contribution < -0.4 is 10.6 Å². The van der Waals surface area contributed by atoms with E-state index in [1.165, 1.54) is 6.92 Å². The molecule has 5 nitrogen and oxygen atoms in total. The lowest BCUT2D eigenvalue weighted by Gasteiger charge is -2.08. The number of hydrogen-bond donors (Lipinski definition) is 2. The molecule has 1 heterocycles. The van der Waals surface area contributed by atoms with Crippen molar-refractivity contribution < 1.29 is 9.59 Å². The second-order valence-corrected chi connectivity index (χ2v) is 6.29. The molecule has 0 aliphatic carbocycles. The van der Waals surface area contributed by atoms with Gasteiger partial charge in [0.2, 0.25) is 5.91 Å². The number of aryl methyl sites for hydroxylation is 1. The van der Waals surface area contributed by atoms with Gasteiger partial charge in [0.05, 0.1) is 0 Å². The number of rotatable bonds is 4. The zero-order valence-electron chi connectivity index (χ0n) is 14.0. The van der Waals surface area contributed by atoms with E-state index in [1.807, 2.05) is 60.1 Å². The third kappa shape index (κ3) is 3.83. The van der Waals surface area contributed by atoms with E-state index in [0.29, 0.717) is 17.3 Å². The maximum atomic E-state index is 12.5. The number of amides is 2. The first kappa shape index (κ1) is 17.0. The van der Waals surface area contributed by atoms with Crippen molar-refractivity contribution in [2.24, 2.45) is 7.05 Å². The summed E-state index contributed by atoms with van der Waals surface area (Å²) in [5.41, 5.74) is 3.17. The van der Waals surface area contributed by atoms with Crippen molar-refractivity contribution in [3.63, 3.8) is 0 Å². The Morgan fingerprint density at radius 1 is 1.08 bits per heavy atom. The maximum Gasteiger partial charge on any atom is 0.268 e. The standard InChI is InChI=1S/C19H18ClN3O2/c1-12(24)22-16-7-3-13(4-8-16)11-21-19(25)18-9-14-5-6-15(20)10-17(14)23(18)2/h3-10H,11H2,1-2H3,(H,21,25)(H,22,24). The van der Waals surface area contributed by atoms with Crippen molar-refractivity contribution in [2.75, 3.05) is 5.32 Å². The molecular formula is C19H18ClN3O2. The summed E-state index contributed by atoms with van der Waals surface area (Å²) in [5.74, 6) is -0.266. The van der Waals surface area contributed by atoms with E-state index in [9.17, 15) is 9.59 Å². The van der Waals surface area contributed by atoms with Crippen molar-refractivity contribution in [2.45, 2.75) is 13.5 Å². The van der Waals surface area contributed by atoms with Crippen LogP contribution in [0, 0.1) is 0 Å². The molecule has 0 aliphatic rings. The Balaban J connectivity index is 1.70. The van der Waals surface area contributed by atoms with E-state index >= 15 is 0 Å². The molecule has 0 radical (unpaired) electrons. The Labute approximate surface area is 150 Å². The van der Waals surface area contributed by atoms with Gasteiger partial charge in [0.25, 0.3) is 5.91 Å². The number of benzene rings is 2. The zero-order valence-corrected chi connectivity index (χ0v) is 14.7. The van der Waals surface area contributed by atoms with Gasteiger partial charge in [0, 0.05) is 42.1 Å². The molecule has 0 unspecified atom stereocenters. The van der Waals surface area contributed by atoms with Crippen LogP contribution in [0.1, 0.15) is 23.0 Å². The highest BCUT2D eigenvalue weighted by atomic mass is 35.5. The molecule has 0 fully saturated rings. The monoisotopic (exact) mass is 355 g/mol. The van der Waals surface area contributed by atoms with Gasteiger partial charge >= 0.3 is 0 Å². The predicted molar refractivity (Wildman–Crippen MR) is 99.8 cm³/mol. The second-order valence-electron chi connectivity index (χ2n) is 5.85. The summed E-state index contributed by atoms with van der Waals surface area (Å²) in [4.78, 5) is 23.5. The van der Waals surface area contributed by atoms with Gasteiger partial charge < -0.3 is 15.2 Å². The molecule has 0 atom stereocenters. The molecule has 0 bridgehead atoms. The number of nitrogens with one attached hydrogen (secondary N) is 2. The second kappa shape index (κ2) is 6.99. The lowest BCUT2D eigenvalue weighted by Crippen LogP contribution is -2.24. The minimum Gasteiger partial charge on any atom is -0.347 e. The van der Waals surface area contributed by atoms with Crippen LogP contribution in [0.5, 0.6) is 0 Å². The van der Waals surface area contributed by atoms with Crippen molar-refractivity contribution in [1.82, 2.24) is 9.88 Å². The molecule has 2 amide bonds. The summed E-state index contributed by atoms with van der Waals surface area (Å²) < 4.78 is 1.83. The van der Waals surface area contributed by atoms with E-state index in [1.54, 1.807) is 0 Å². The molecule has 2 aromatic carbocycles. The number of nitrogens with zero attached hydrogens (tertiary/aromatic N) is 1. The van der Waals surface area contributed by atoms with Crippen LogP contribution in [0.3, 0.4) is 0 Å². The highest BCUT2D eigenvalue weighted by molar-refractivity contribution is 6.31. The summed E-state index contributed by atoms with van der Waals surface area (Å²) in [6.07, 6.45) is 0. The van der Waals surface area contributed by atoms with Crippen LogP contribution in [-0.2, 0) is 18.4 Å². The third-order valence-corrected chi connectivity index (χ3v) is 4.20. The van der Waals surface area contributed by atoms with Crippen LogP contribution in [-0.4, -0.2) is 16.4 Å². The average Bonchev–Trinajstić information content (AvgIpc) is 2.90. The molecule has 6 heteroatoms. The molecule has 0 aliphatic heterocycles. The number of carbonyl (C=O) groups excluding carboxylic acids is 2. The van der Waals surface area contributed by atoms with Crippen molar-refractivity contribution in [3.05, 3.63) is 64.8 Å². The van der Waals surface area contributed by atoms with Crippen molar-refractivity contribution in [1.29, 1.82) is 0 Å². The first-order chi connectivity index (χ1) is 11.9. The van der Waals surface area contributed by atoms with Gasteiger partial charge in [-0.15, -0.1) is 0 Å². The first-order valence-corrected chi connectivity index (χ1v) is 8.21. The highest BCUT2D eigenvalue weighted by Gasteiger charge is 2.13. The van der Waals surface area contributed by atoms with Crippen LogP contribution in [0.2, 0.25) is 5.02 Å². The Morgan fingerprint density at radius 2 is 1.80 bits per heavy atom. The fourth-order valence-corrected chi connectivity index (χ4v) is 2.87. The summed E-state index contributed by atoms with van der Waals surface area (Å²) in [5, 5.41) is 7.23. The quantitative estimate of drug-likeness (QED) is 0.749. The minimum atomic E-state index is -0.152. The summed E-state index contributed by atoms with van der Waals surface area (Å²) in [7, 11) is 1.84. The van der Waals surface area contributed by atoms with E-state index in [0.717, 1.165) is 22.2 Å². The fraction of sp³-hybridized carbons (Fsp3) is 0.158. The highest BCUT2D eigenvalue weighted by Crippen LogP contribution is 2.22. The fourth-order valence-electron chi connectivity index (χ4n) is 2.70. The molecular weight excluding hydrogens is 338 g/mol. The molecule has 3 aromatic rings. The molecule has 0 saturated heterocycles. The van der Waals surface area contributed by atoms with Crippen molar-refractivity contribution in [3.8, 4) is 0 Å². The normalized spacial score (nSPS) is 10.7. The molecule has 1 aromatic heterocycles. The number of carbonyl (C=O) groups is 2. The van der Waals surface area contributed by atoms with Crippen molar-refractivity contribution >= 4 is 40.0 Å². The Kier molecular flexibility index (Phi) is 4.76. The van der Waals surface area contributed by atoms with E-state index < -0.39 is 0 Å². The predicted octanol–water partition coefficient (Wildman–Crippen LogP) is 3.72. The molecule has 0 spiro atoms. The Bertz CT molecular complexity index is 945. The maximum absolute atomic E-state index is 12.5. The van der Waals surface area contributed by atoms with Crippen LogP contribution in [0.25, 0.3) is 10.9 Å². The molecule has 0 saturated carbocycles. The van der Waals surface area contributed by atoms with Crippen LogP contribution in [0.4, 0.5) is 5.69 Å². The van der Waals surface area contributed by atoms with E-state index in [2.05, 4.69) is 10.6 Å². The van der Waals surface area contributed by atoms with E-state index in [4.69, 9.17) is 11.6 Å². The smallest absolute Gasteiger partial charge is 0.268 e. The van der Waals surface area contributed by atoms with Gasteiger partial charge in [-0.3, -0.25) is 9.59 Å². The molecule has 2 N–H and O–H groups in total. The van der Waals surface area contributed by atoms with Gasteiger partial charge in [-0.05, 0) is 35.9 Å². The topological polar surface area (TPSA) is 63.1 Å². The lowest BCUT2D eigenvalue weighted by atomic mass is 10.2. The minimum absolute atomic E-state index is 0.114. The number of halogens is 1. The first-order valence-electron chi connectivity index (χ1n) is 7.84. The number of hydrogen-bond acceptors (Lipinski definition) is 2. The zero-order chi connectivity index (χ0) is 18.0. The molecule has 128 valence electrons. The van der Waals surface area contributed by atoms with Gasteiger partial charge in [-0.25, -0.2) is 0 Å². The largest absolute Gasteiger partial charge is 0.347 e.